The van der Waals surface area contributed by atoms with Crippen molar-refractivity contribution < 1.29 is 14.3 Å². The molecule has 0 atom stereocenters. The van der Waals surface area contributed by atoms with Gasteiger partial charge in [0.2, 0.25) is 5.91 Å². The van der Waals surface area contributed by atoms with Crippen LogP contribution in [0.1, 0.15) is 15.9 Å². The van der Waals surface area contributed by atoms with Crippen LogP contribution in [0.15, 0.2) is 54.9 Å². The molecule has 2 heterocycles. The highest BCUT2D eigenvalue weighted by Crippen LogP contribution is 2.07. The van der Waals surface area contributed by atoms with Gasteiger partial charge in [-0.25, -0.2) is 0 Å². The molecule has 26 heavy (non-hydrogen) atoms. The number of carbonyl (C=O) groups is 2. The fourth-order valence-corrected chi connectivity index (χ4v) is 2.93. The second-order valence-electron chi connectivity index (χ2n) is 6.28. The van der Waals surface area contributed by atoms with Crippen molar-refractivity contribution in [2.75, 3.05) is 32.7 Å². The smallest absolute Gasteiger partial charge is 0.260 e. The van der Waals surface area contributed by atoms with Gasteiger partial charge < -0.3 is 15.4 Å². The van der Waals surface area contributed by atoms with Crippen LogP contribution in [0.4, 0.5) is 0 Å². The summed E-state index contributed by atoms with van der Waals surface area (Å²) in [5, 5.41) is 14.2. The summed E-state index contributed by atoms with van der Waals surface area (Å²) in [6.07, 6.45) is 2.63. The predicted octanol–water partition coefficient (Wildman–Crippen LogP) is 0.394. The molecule has 1 saturated heterocycles. The van der Waals surface area contributed by atoms with Gasteiger partial charge in [-0.2, -0.15) is 4.73 Å². The van der Waals surface area contributed by atoms with E-state index in [1.54, 1.807) is 17.0 Å². The normalized spacial score (nSPS) is 14.8. The first-order valence-electron chi connectivity index (χ1n) is 8.63. The zero-order valence-electron chi connectivity index (χ0n) is 14.5. The molecule has 0 aliphatic carbocycles. The van der Waals surface area contributed by atoms with Crippen molar-refractivity contribution in [3.8, 4) is 0 Å². The molecule has 0 spiro atoms. The fourth-order valence-electron chi connectivity index (χ4n) is 2.93. The van der Waals surface area contributed by atoms with E-state index in [1.165, 1.54) is 12.4 Å². The molecule has 2 aromatic rings. The van der Waals surface area contributed by atoms with E-state index in [4.69, 9.17) is 0 Å². The Hall–Kier alpha value is -2.93. The predicted molar refractivity (Wildman–Crippen MR) is 96.0 cm³/mol. The SMILES string of the molecule is O=C(CN1CCN(C(=O)c2ccc[n+]([O-])c2)CC1)NCc1ccccc1. The topological polar surface area (TPSA) is 79.6 Å². The first-order valence-corrected chi connectivity index (χ1v) is 8.63. The summed E-state index contributed by atoms with van der Waals surface area (Å²) in [4.78, 5) is 28.3. The van der Waals surface area contributed by atoms with Gasteiger partial charge in [-0.05, 0) is 11.6 Å². The van der Waals surface area contributed by atoms with Crippen LogP contribution >= 0.6 is 0 Å². The summed E-state index contributed by atoms with van der Waals surface area (Å²) >= 11 is 0. The third kappa shape index (κ3) is 4.80. The average Bonchev–Trinajstić information content (AvgIpc) is 2.67. The van der Waals surface area contributed by atoms with Gasteiger partial charge in [-0.1, -0.05) is 30.3 Å². The average molecular weight is 354 g/mol. The molecule has 136 valence electrons. The van der Waals surface area contributed by atoms with Crippen LogP contribution in [0.2, 0.25) is 0 Å². The van der Waals surface area contributed by atoms with E-state index in [-0.39, 0.29) is 11.8 Å². The minimum Gasteiger partial charge on any atom is -0.619 e. The lowest BCUT2D eigenvalue weighted by atomic mass is 10.2. The van der Waals surface area contributed by atoms with Gasteiger partial charge in [0.25, 0.3) is 5.91 Å². The standard InChI is InChI=1S/C19H22N4O3/c24-18(20-13-16-5-2-1-3-6-16)15-21-9-11-22(12-10-21)19(25)17-7-4-8-23(26)14-17/h1-8,14H,9-13,15H2,(H,20,24). The van der Waals surface area contributed by atoms with E-state index in [0.29, 0.717) is 49.6 Å². The summed E-state index contributed by atoms with van der Waals surface area (Å²) < 4.78 is 0.626. The van der Waals surface area contributed by atoms with Crippen molar-refractivity contribution in [1.29, 1.82) is 0 Å². The number of nitrogens with one attached hydrogen (secondary N) is 1. The Bertz CT molecular complexity index is 758. The maximum absolute atomic E-state index is 12.4. The molecule has 0 bridgehead atoms. The van der Waals surface area contributed by atoms with Crippen molar-refractivity contribution in [2.45, 2.75) is 6.54 Å². The molecule has 0 unspecified atom stereocenters. The Labute approximate surface area is 152 Å². The number of aromatic nitrogens is 1. The second kappa shape index (κ2) is 8.44. The maximum atomic E-state index is 12.4. The van der Waals surface area contributed by atoms with Crippen LogP contribution < -0.4 is 10.0 Å². The number of pyridine rings is 1. The highest BCUT2D eigenvalue weighted by atomic mass is 16.5. The molecule has 1 aromatic carbocycles. The number of rotatable bonds is 5. The molecule has 1 N–H and O–H groups in total. The van der Waals surface area contributed by atoms with Gasteiger partial charge >= 0.3 is 0 Å². The minimum atomic E-state index is -0.150. The molecule has 1 aliphatic heterocycles. The monoisotopic (exact) mass is 354 g/mol. The number of carbonyl (C=O) groups excluding carboxylic acids is 2. The fraction of sp³-hybridized carbons (Fsp3) is 0.316. The number of hydrogen-bond acceptors (Lipinski definition) is 4. The van der Waals surface area contributed by atoms with Crippen LogP contribution in [0.25, 0.3) is 0 Å². The Morgan fingerprint density at radius 3 is 2.46 bits per heavy atom. The first-order chi connectivity index (χ1) is 12.6. The van der Waals surface area contributed by atoms with Gasteiger partial charge in [0, 0.05) is 38.8 Å². The van der Waals surface area contributed by atoms with Crippen molar-refractivity contribution >= 4 is 11.8 Å². The third-order valence-corrected chi connectivity index (χ3v) is 4.38. The van der Waals surface area contributed by atoms with Crippen LogP contribution in [-0.4, -0.2) is 54.3 Å². The highest BCUT2D eigenvalue weighted by molar-refractivity contribution is 5.93. The molecule has 2 amide bonds. The molecular weight excluding hydrogens is 332 g/mol. The van der Waals surface area contributed by atoms with Crippen molar-refractivity contribution in [3.63, 3.8) is 0 Å². The van der Waals surface area contributed by atoms with Crippen LogP contribution in [0.5, 0.6) is 0 Å². The van der Waals surface area contributed by atoms with Crippen LogP contribution in [-0.2, 0) is 11.3 Å². The first kappa shape index (κ1) is 17.9. The molecule has 3 rings (SSSR count). The van der Waals surface area contributed by atoms with Gasteiger partial charge in [-0.15, -0.1) is 0 Å². The molecular formula is C19H22N4O3. The Kier molecular flexibility index (Phi) is 5.80. The zero-order valence-corrected chi connectivity index (χ0v) is 14.5. The molecule has 1 aromatic heterocycles. The Morgan fingerprint density at radius 1 is 1.04 bits per heavy atom. The minimum absolute atomic E-state index is 0.0240. The number of amides is 2. The second-order valence-corrected chi connectivity index (χ2v) is 6.28. The summed E-state index contributed by atoms with van der Waals surface area (Å²) in [5.74, 6) is -0.174. The Balaban J connectivity index is 1.43. The van der Waals surface area contributed by atoms with E-state index in [1.807, 2.05) is 35.2 Å². The summed E-state index contributed by atoms with van der Waals surface area (Å²) in [6, 6.07) is 13.0. The highest BCUT2D eigenvalue weighted by Gasteiger charge is 2.24. The number of hydrogen-bond donors (Lipinski definition) is 1. The molecule has 7 nitrogen and oxygen atoms in total. The number of benzene rings is 1. The van der Waals surface area contributed by atoms with E-state index < -0.39 is 0 Å². The summed E-state index contributed by atoms with van der Waals surface area (Å²) in [5.41, 5.74) is 1.45. The van der Waals surface area contributed by atoms with Gasteiger partial charge in [0.05, 0.1) is 6.54 Å². The number of piperazine rings is 1. The largest absolute Gasteiger partial charge is 0.619 e. The summed E-state index contributed by atoms with van der Waals surface area (Å²) in [6.45, 7) is 3.18. The van der Waals surface area contributed by atoms with Crippen LogP contribution in [0, 0.1) is 5.21 Å². The lowest BCUT2D eigenvalue weighted by Gasteiger charge is -2.34. The van der Waals surface area contributed by atoms with Gasteiger partial charge in [0.1, 0.15) is 5.56 Å². The van der Waals surface area contributed by atoms with E-state index in [0.717, 1.165) is 5.56 Å². The molecule has 7 heteroatoms. The van der Waals surface area contributed by atoms with Crippen molar-refractivity contribution in [2.24, 2.45) is 0 Å². The summed E-state index contributed by atoms with van der Waals surface area (Å²) in [7, 11) is 0. The number of nitrogens with zero attached hydrogens (tertiary/aromatic N) is 3. The van der Waals surface area contributed by atoms with Gasteiger partial charge in [-0.3, -0.25) is 14.5 Å². The molecule has 0 saturated carbocycles. The quantitative estimate of drug-likeness (QED) is 0.622. The maximum Gasteiger partial charge on any atom is 0.260 e. The lowest BCUT2D eigenvalue weighted by molar-refractivity contribution is -0.605. The molecule has 0 radical (unpaired) electrons. The lowest BCUT2D eigenvalue weighted by Crippen LogP contribution is -2.51. The van der Waals surface area contributed by atoms with E-state index in [2.05, 4.69) is 5.32 Å². The Morgan fingerprint density at radius 2 is 1.77 bits per heavy atom. The zero-order chi connectivity index (χ0) is 18.4. The third-order valence-electron chi connectivity index (χ3n) is 4.38. The van der Waals surface area contributed by atoms with Crippen molar-refractivity contribution in [1.82, 2.24) is 15.1 Å². The van der Waals surface area contributed by atoms with Gasteiger partial charge in [0.15, 0.2) is 12.4 Å². The van der Waals surface area contributed by atoms with E-state index >= 15 is 0 Å². The van der Waals surface area contributed by atoms with Crippen LogP contribution in [0.3, 0.4) is 0 Å². The molecule has 1 fully saturated rings. The van der Waals surface area contributed by atoms with Crippen molar-refractivity contribution in [3.05, 3.63) is 71.2 Å². The molecule has 1 aliphatic rings. The van der Waals surface area contributed by atoms with E-state index in [9.17, 15) is 14.8 Å².